The second kappa shape index (κ2) is 10.1. The Labute approximate surface area is 223 Å². The Kier molecular flexibility index (Phi) is 7.64. The molecule has 0 radical (unpaired) electrons. The Morgan fingerprint density at radius 2 is 1.51 bits per heavy atom. The number of rotatable bonds is 6. The van der Waals surface area contributed by atoms with Gasteiger partial charge < -0.3 is 14.8 Å². The van der Waals surface area contributed by atoms with Gasteiger partial charge in [0.25, 0.3) is 0 Å². The van der Waals surface area contributed by atoms with Crippen LogP contribution in [0.5, 0.6) is 0 Å². The lowest BCUT2D eigenvalue weighted by molar-refractivity contribution is -0.151. The smallest absolute Gasteiger partial charge is 0.369 e. The Balaban J connectivity index is 1.89. The fraction of sp³-hybridized carbons (Fsp3) is 0.476. The van der Waals surface area contributed by atoms with E-state index in [4.69, 9.17) is 32.7 Å². The second-order valence-corrected chi connectivity index (χ2v) is 9.31. The summed E-state index contributed by atoms with van der Waals surface area (Å²) in [6.07, 6.45) is -15.2. The first kappa shape index (κ1) is 29.4. The first-order chi connectivity index (χ1) is 17.9. The summed E-state index contributed by atoms with van der Waals surface area (Å²) in [4.78, 5) is 5.83. The average Bonchev–Trinajstić information content (AvgIpc) is 3.37. The molecule has 0 amide bonds. The van der Waals surface area contributed by atoms with Gasteiger partial charge in [-0.05, 0) is 25.5 Å². The van der Waals surface area contributed by atoms with Crippen LogP contribution in [0.25, 0.3) is 16.7 Å². The molecule has 1 saturated heterocycles. The average molecular weight is 612 g/mol. The predicted molar refractivity (Wildman–Crippen MR) is 120 cm³/mol. The number of hydrogen-bond donors (Lipinski definition) is 1. The van der Waals surface area contributed by atoms with E-state index in [1.807, 2.05) is 0 Å². The highest BCUT2D eigenvalue weighted by atomic mass is 35.5. The van der Waals surface area contributed by atoms with Crippen LogP contribution in [0.4, 0.5) is 45.3 Å². The largest absolute Gasteiger partial charge is 0.451 e. The maximum Gasteiger partial charge on any atom is 0.451 e. The quantitative estimate of drug-likeness (QED) is 0.236. The van der Waals surface area contributed by atoms with E-state index in [1.54, 1.807) is 6.92 Å². The van der Waals surface area contributed by atoms with Crippen molar-refractivity contribution in [2.75, 3.05) is 25.1 Å². The number of fused-ring (bicyclic) bond motifs is 1. The molecule has 0 saturated carbocycles. The number of benzene rings is 1. The molecule has 39 heavy (non-hydrogen) atoms. The third-order valence-corrected chi connectivity index (χ3v) is 6.19. The second-order valence-electron chi connectivity index (χ2n) is 8.50. The van der Waals surface area contributed by atoms with Crippen LogP contribution in [0, 0.1) is 0 Å². The number of aromatic nitrogens is 4. The number of ether oxygens (including phenoxy) is 2. The molecule has 0 unspecified atom stereocenters. The first-order valence-electron chi connectivity index (χ1n) is 10.9. The van der Waals surface area contributed by atoms with E-state index in [0.29, 0.717) is 30.0 Å². The van der Waals surface area contributed by atoms with E-state index in [2.05, 4.69) is 20.4 Å². The molecule has 1 N–H and O–H groups in total. The Morgan fingerprint density at radius 3 is 2.03 bits per heavy atom. The van der Waals surface area contributed by atoms with Crippen molar-refractivity contribution in [3.63, 3.8) is 0 Å². The van der Waals surface area contributed by atoms with Gasteiger partial charge in [0, 0.05) is 13.0 Å². The van der Waals surface area contributed by atoms with Gasteiger partial charge in [-0.1, -0.05) is 23.2 Å². The lowest BCUT2D eigenvalue weighted by atomic mass is 10.1. The van der Waals surface area contributed by atoms with Crippen molar-refractivity contribution in [3.05, 3.63) is 39.3 Å². The van der Waals surface area contributed by atoms with Crippen LogP contribution in [0.15, 0.2) is 12.1 Å². The zero-order valence-electron chi connectivity index (χ0n) is 19.5. The SMILES string of the molecule is CC1(CCCNc2c3c(C(F)(F)F)nc(C(F)(F)F)nc3nn2-c2c(Cl)cc(C(F)(F)F)cc2Cl)OCCO1. The van der Waals surface area contributed by atoms with Gasteiger partial charge in [-0.15, -0.1) is 5.10 Å². The molecule has 4 rings (SSSR count). The van der Waals surface area contributed by atoms with Crippen molar-refractivity contribution in [1.29, 1.82) is 0 Å². The molecule has 3 heterocycles. The third-order valence-electron chi connectivity index (χ3n) is 5.61. The van der Waals surface area contributed by atoms with Crippen molar-refractivity contribution in [2.24, 2.45) is 0 Å². The third kappa shape index (κ3) is 6.12. The van der Waals surface area contributed by atoms with Crippen molar-refractivity contribution >= 4 is 40.1 Å². The molecule has 1 aromatic carbocycles. The summed E-state index contributed by atoms with van der Waals surface area (Å²) in [6.45, 7) is 2.22. The number of nitrogens with one attached hydrogen (secondary N) is 1. The van der Waals surface area contributed by atoms with E-state index in [9.17, 15) is 39.5 Å². The van der Waals surface area contributed by atoms with Gasteiger partial charge in [0.15, 0.2) is 17.1 Å². The maximum atomic E-state index is 13.9. The highest BCUT2D eigenvalue weighted by molar-refractivity contribution is 6.38. The molecule has 7 nitrogen and oxygen atoms in total. The minimum atomic E-state index is -5.40. The summed E-state index contributed by atoms with van der Waals surface area (Å²) in [5.41, 5.74) is -4.81. The van der Waals surface area contributed by atoms with E-state index < -0.39 is 74.0 Å². The lowest BCUT2D eigenvalue weighted by Gasteiger charge is -2.22. The summed E-state index contributed by atoms with van der Waals surface area (Å²) in [7, 11) is 0. The molecule has 0 spiro atoms. The molecular weight excluding hydrogens is 596 g/mol. The van der Waals surface area contributed by atoms with Crippen LogP contribution < -0.4 is 5.32 Å². The van der Waals surface area contributed by atoms with Gasteiger partial charge in [0.2, 0.25) is 5.82 Å². The predicted octanol–water partition coefficient (Wildman–Crippen LogP) is 7.13. The molecule has 1 fully saturated rings. The van der Waals surface area contributed by atoms with Crippen LogP contribution in [-0.4, -0.2) is 45.3 Å². The molecule has 0 bridgehead atoms. The highest BCUT2D eigenvalue weighted by Crippen LogP contribution is 2.43. The van der Waals surface area contributed by atoms with E-state index in [0.717, 1.165) is 0 Å². The van der Waals surface area contributed by atoms with Gasteiger partial charge in [-0.25, -0.2) is 14.6 Å². The fourth-order valence-electron chi connectivity index (χ4n) is 3.90. The topological polar surface area (TPSA) is 74.1 Å². The Bertz CT molecular complexity index is 1360. The summed E-state index contributed by atoms with van der Waals surface area (Å²) >= 11 is 12.1. The van der Waals surface area contributed by atoms with Crippen LogP contribution in [0.1, 0.15) is 36.8 Å². The summed E-state index contributed by atoms with van der Waals surface area (Å²) in [5, 5.41) is 4.00. The summed E-state index contributed by atoms with van der Waals surface area (Å²) < 4.78 is 133. The molecule has 2 aromatic heterocycles. The Morgan fingerprint density at radius 1 is 0.923 bits per heavy atom. The zero-order valence-corrected chi connectivity index (χ0v) is 21.0. The van der Waals surface area contributed by atoms with E-state index >= 15 is 0 Å². The van der Waals surface area contributed by atoms with Crippen molar-refractivity contribution in [3.8, 4) is 5.69 Å². The molecule has 0 atom stereocenters. The molecule has 1 aliphatic rings. The first-order valence-corrected chi connectivity index (χ1v) is 11.7. The minimum absolute atomic E-state index is 0.0999. The number of halogens is 11. The van der Waals surface area contributed by atoms with Gasteiger partial charge in [-0.3, -0.25) is 0 Å². The van der Waals surface area contributed by atoms with E-state index in [-0.39, 0.29) is 19.4 Å². The van der Waals surface area contributed by atoms with Gasteiger partial charge in [0.05, 0.1) is 34.2 Å². The molecule has 214 valence electrons. The van der Waals surface area contributed by atoms with Gasteiger partial charge >= 0.3 is 18.5 Å². The zero-order chi connectivity index (χ0) is 29.0. The monoisotopic (exact) mass is 611 g/mol. The Hall–Kier alpha value is -2.56. The number of hydrogen-bond acceptors (Lipinski definition) is 6. The molecular formula is C21H16Cl2F9N5O2. The molecule has 18 heteroatoms. The van der Waals surface area contributed by atoms with Gasteiger partial charge in [0.1, 0.15) is 11.5 Å². The summed E-state index contributed by atoms with van der Waals surface area (Å²) in [5.74, 6) is -3.66. The fourth-order valence-corrected chi connectivity index (χ4v) is 4.54. The minimum Gasteiger partial charge on any atom is -0.369 e. The number of nitrogens with zero attached hydrogens (tertiary/aromatic N) is 4. The normalized spacial score (nSPS) is 16.3. The van der Waals surface area contributed by atoms with Crippen LogP contribution in [-0.2, 0) is 28.0 Å². The maximum absolute atomic E-state index is 13.9. The van der Waals surface area contributed by atoms with Crippen LogP contribution in [0.2, 0.25) is 10.0 Å². The lowest BCUT2D eigenvalue weighted by Crippen LogP contribution is -2.26. The molecule has 1 aliphatic heterocycles. The summed E-state index contributed by atoms with van der Waals surface area (Å²) in [6, 6.07) is 0.901. The van der Waals surface area contributed by atoms with Crippen molar-refractivity contribution in [2.45, 2.75) is 44.1 Å². The van der Waals surface area contributed by atoms with Crippen molar-refractivity contribution in [1.82, 2.24) is 19.7 Å². The van der Waals surface area contributed by atoms with Crippen molar-refractivity contribution < 1.29 is 49.0 Å². The molecule has 3 aromatic rings. The highest BCUT2D eigenvalue weighted by Gasteiger charge is 2.43. The number of alkyl halides is 9. The molecule has 0 aliphatic carbocycles. The number of anilines is 1. The standard InChI is InChI=1S/C21H16Cl2F9N5O2/c1-18(38-5-6-39-18)3-2-4-33-16-12-14(20(27,28)29)34-17(21(30,31)32)35-15(12)36-37(16)13-10(22)7-9(8-11(13)23)19(24,25)26/h7-8,33H,2-6H2,1H3. The van der Waals surface area contributed by atoms with E-state index in [1.165, 1.54) is 0 Å². The van der Waals surface area contributed by atoms with Gasteiger partial charge in [-0.2, -0.15) is 39.5 Å². The van der Waals surface area contributed by atoms with Crippen LogP contribution in [0.3, 0.4) is 0 Å². The van der Waals surface area contributed by atoms with Crippen LogP contribution >= 0.6 is 23.2 Å².